The summed E-state index contributed by atoms with van der Waals surface area (Å²) in [4.78, 5) is 46.7. The summed E-state index contributed by atoms with van der Waals surface area (Å²) in [5.41, 5.74) is 2.09. The number of carbonyl (C=O) groups excluding carboxylic acids is 3. The lowest BCUT2D eigenvalue weighted by Gasteiger charge is -2.40. The molecule has 0 aromatic heterocycles. The molecule has 3 aliphatic heterocycles. The van der Waals surface area contributed by atoms with E-state index in [-0.39, 0.29) is 17.8 Å². The Labute approximate surface area is 221 Å². The highest BCUT2D eigenvalue weighted by Crippen LogP contribution is 2.30. The van der Waals surface area contributed by atoms with E-state index in [0.717, 1.165) is 18.8 Å². The van der Waals surface area contributed by atoms with Gasteiger partial charge in [-0.25, -0.2) is 9.18 Å². The second-order valence-electron chi connectivity index (χ2n) is 9.59. The van der Waals surface area contributed by atoms with Gasteiger partial charge < -0.3 is 35.0 Å². The number of rotatable bonds is 4. The first-order chi connectivity index (χ1) is 18.5. The van der Waals surface area contributed by atoms with Crippen molar-refractivity contribution in [2.45, 2.75) is 0 Å². The van der Waals surface area contributed by atoms with Crippen LogP contribution in [0, 0.1) is 5.82 Å². The van der Waals surface area contributed by atoms with Gasteiger partial charge in [-0.2, -0.15) is 0 Å². The van der Waals surface area contributed by atoms with Crippen LogP contribution in [-0.4, -0.2) is 111 Å². The molecule has 3 fully saturated rings. The van der Waals surface area contributed by atoms with E-state index in [9.17, 15) is 18.8 Å². The third kappa shape index (κ3) is 5.89. The number of urea groups is 1. The number of morpholine rings is 1. The van der Waals surface area contributed by atoms with Gasteiger partial charge in [0.05, 0.1) is 24.6 Å². The molecule has 3 heterocycles. The topological polar surface area (TPSA) is 97.5 Å². The summed E-state index contributed by atoms with van der Waals surface area (Å²) in [6.07, 6.45) is 0. The van der Waals surface area contributed by atoms with Crippen LogP contribution in [0.1, 0.15) is 20.7 Å². The molecule has 10 nitrogen and oxygen atoms in total. The maximum Gasteiger partial charge on any atom is 0.320 e. The summed E-state index contributed by atoms with van der Waals surface area (Å²) in [5, 5.41) is 6.18. The Hall–Kier alpha value is -3.70. The van der Waals surface area contributed by atoms with E-state index in [1.54, 1.807) is 17.0 Å². The van der Waals surface area contributed by atoms with Gasteiger partial charge in [-0.3, -0.25) is 9.59 Å². The monoisotopic (exact) mass is 524 g/mol. The fourth-order valence-corrected chi connectivity index (χ4v) is 4.98. The minimum Gasteiger partial charge on any atom is -0.378 e. The minimum atomic E-state index is -0.421. The molecule has 0 spiro atoms. The van der Waals surface area contributed by atoms with Crippen molar-refractivity contribution in [3.63, 3.8) is 0 Å². The summed E-state index contributed by atoms with van der Waals surface area (Å²) >= 11 is 0. The molecule has 11 heteroatoms. The zero-order valence-electron chi connectivity index (χ0n) is 21.3. The molecule has 3 saturated heterocycles. The largest absolute Gasteiger partial charge is 0.378 e. The molecule has 4 amide bonds. The first-order valence-electron chi connectivity index (χ1n) is 13.1. The summed E-state index contributed by atoms with van der Waals surface area (Å²) in [5.74, 6) is -0.897. The zero-order valence-corrected chi connectivity index (χ0v) is 21.3. The highest BCUT2D eigenvalue weighted by Gasteiger charge is 2.28. The summed E-state index contributed by atoms with van der Waals surface area (Å²) in [6.45, 7) is 7.30. The lowest BCUT2D eigenvalue weighted by Crippen LogP contribution is -2.55. The SMILES string of the molecule is O=C(Nc1cc(C(=O)N2CCNCC2)ccc1N1CCN(C(=O)N2CCOCC2)CC1)c1ccc(F)cc1. The van der Waals surface area contributed by atoms with Crippen molar-refractivity contribution in [1.82, 2.24) is 20.0 Å². The molecule has 0 atom stereocenters. The molecular weight excluding hydrogens is 491 g/mol. The van der Waals surface area contributed by atoms with E-state index in [2.05, 4.69) is 15.5 Å². The number of piperazine rings is 2. The van der Waals surface area contributed by atoms with Crippen LogP contribution in [0.5, 0.6) is 0 Å². The normalized spacial score (nSPS) is 18.3. The molecule has 2 aromatic carbocycles. The van der Waals surface area contributed by atoms with Crippen LogP contribution in [-0.2, 0) is 4.74 Å². The molecule has 38 heavy (non-hydrogen) atoms. The Morgan fingerprint density at radius 1 is 0.763 bits per heavy atom. The maximum absolute atomic E-state index is 13.4. The molecule has 2 N–H and O–H groups in total. The van der Waals surface area contributed by atoms with Gasteiger partial charge in [-0.15, -0.1) is 0 Å². The van der Waals surface area contributed by atoms with E-state index in [0.29, 0.717) is 82.4 Å². The van der Waals surface area contributed by atoms with Crippen LogP contribution in [0.25, 0.3) is 0 Å². The van der Waals surface area contributed by atoms with Crippen molar-refractivity contribution < 1.29 is 23.5 Å². The quantitative estimate of drug-likeness (QED) is 0.632. The number of anilines is 2. The predicted octanol–water partition coefficient (Wildman–Crippen LogP) is 1.70. The number of carbonyl (C=O) groups is 3. The standard InChI is InChI=1S/C27H33FN6O4/c28-22-4-1-20(2-5-22)25(35)30-23-19-21(26(36)32-9-7-29-8-10-32)3-6-24(23)31-11-13-33(14-12-31)27(37)34-15-17-38-18-16-34/h1-6,19,29H,7-18H2,(H,30,35). The number of hydrogen-bond donors (Lipinski definition) is 2. The van der Waals surface area contributed by atoms with Crippen LogP contribution >= 0.6 is 0 Å². The molecule has 0 unspecified atom stereocenters. The van der Waals surface area contributed by atoms with Crippen molar-refractivity contribution in [2.75, 3.05) is 88.9 Å². The number of amides is 4. The Morgan fingerprint density at radius 2 is 1.39 bits per heavy atom. The van der Waals surface area contributed by atoms with Gasteiger partial charge in [0, 0.05) is 76.6 Å². The lowest BCUT2D eigenvalue weighted by atomic mass is 10.1. The molecule has 0 radical (unpaired) electrons. The maximum atomic E-state index is 13.4. The van der Waals surface area contributed by atoms with Crippen molar-refractivity contribution in [3.8, 4) is 0 Å². The van der Waals surface area contributed by atoms with Gasteiger partial charge in [0.25, 0.3) is 11.8 Å². The Morgan fingerprint density at radius 3 is 2.08 bits per heavy atom. The van der Waals surface area contributed by atoms with E-state index < -0.39 is 5.82 Å². The Balaban J connectivity index is 1.34. The van der Waals surface area contributed by atoms with Gasteiger partial charge in [0.15, 0.2) is 0 Å². The van der Waals surface area contributed by atoms with Crippen molar-refractivity contribution in [1.29, 1.82) is 0 Å². The van der Waals surface area contributed by atoms with Crippen molar-refractivity contribution >= 4 is 29.2 Å². The van der Waals surface area contributed by atoms with Crippen molar-refractivity contribution in [3.05, 3.63) is 59.4 Å². The van der Waals surface area contributed by atoms with E-state index in [1.807, 2.05) is 15.9 Å². The van der Waals surface area contributed by atoms with Gasteiger partial charge in [0.1, 0.15) is 5.82 Å². The highest BCUT2D eigenvalue weighted by atomic mass is 19.1. The summed E-state index contributed by atoms with van der Waals surface area (Å²) in [7, 11) is 0. The smallest absolute Gasteiger partial charge is 0.320 e. The number of benzene rings is 2. The molecule has 0 aliphatic carbocycles. The summed E-state index contributed by atoms with van der Waals surface area (Å²) < 4.78 is 18.7. The molecule has 0 bridgehead atoms. The molecular formula is C27H33FN6O4. The van der Waals surface area contributed by atoms with Crippen LogP contribution in [0.2, 0.25) is 0 Å². The summed E-state index contributed by atoms with van der Waals surface area (Å²) in [6, 6.07) is 10.7. The van der Waals surface area contributed by atoms with Gasteiger partial charge in [0.2, 0.25) is 0 Å². The van der Waals surface area contributed by atoms with E-state index in [4.69, 9.17) is 4.74 Å². The van der Waals surface area contributed by atoms with Crippen LogP contribution < -0.4 is 15.5 Å². The minimum absolute atomic E-state index is 0.0229. The highest BCUT2D eigenvalue weighted by molar-refractivity contribution is 6.07. The third-order valence-electron chi connectivity index (χ3n) is 7.17. The van der Waals surface area contributed by atoms with Crippen LogP contribution in [0.3, 0.4) is 0 Å². The third-order valence-corrected chi connectivity index (χ3v) is 7.17. The van der Waals surface area contributed by atoms with Crippen LogP contribution in [0.15, 0.2) is 42.5 Å². The number of halogens is 1. The van der Waals surface area contributed by atoms with E-state index >= 15 is 0 Å². The first-order valence-corrected chi connectivity index (χ1v) is 13.1. The molecule has 5 rings (SSSR count). The number of hydrogen-bond acceptors (Lipinski definition) is 6. The molecule has 202 valence electrons. The number of nitrogens with one attached hydrogen (secondary N) is 2. The Bertz CT molecular complexity index is 1160. The number of ether oxygens (including phenoxy) is 1. The fourth-order valence-electron chi connectivity index (χ4n) is 4.98. The molecule has 2 aromatic rings. The molecule has 0 saturated carbocycles. The van der Waals surface area contributed by atoms with E-state index in [1.165, 1.54) is 24.3 Å². The zero-order chi connectivity index (χ0) is 26.5. The second kappa shape index (κ2) is 11.8. The lowest BCUT2D eigenvalue weighted by molar-refractivity contribution is 0.0428. The first kappa shape index (κ1) is 25.9. The second-order valence-corrected chi connectivity index (χ2v) is 9.59. The van der Waals surface area contributed by atoms with Gasteiger partial charge in [-0.1, -0.05) is 0 Å². The average molecular weight is 525 g/mol. The predicted molar refractivity (Wildman–Crippen MR) is 141 cm³/mol. The van der Waals surface area contributed by atoms with Gasteiger partial charge >= 0.3 is 6.03 Å². The van der Waals surface area contributed by atoms with Crippen molar-refractivity contribution in [2.24, 2.45) is 0 Å². The molecule has 3 aliphatic rings. The average Bonchev–Trinajstić information content (AvgIpc) is 2.97. The van der Waals surface area contributed by atoms with Gasteiger partial charge in [-0.05, 0) is 42.5 Å². The Kier molecular flexibility index (Phi) is 8.04. The number of nitrogens with zero attached hydrogens (tertiary/aromatic N) is 4. The van der Waals surface area contributed by atoms with Crippen LogP contribution in [0.4, 0.5) is 20.6 Å². The fraction of sp³-hybridized carbons (Fsp3) is 0.444.